The van der Waals surface area contributed by atoms with Crippen LogP contribution < -0.4 is 14.8 Å². The van der Waals surface area contributed by atoms with Crippen molar-refractivity contribution in [3.63, 3.8) is 0 Å². The third-order valence-corrected chi connectivity index (χ3v) is 6.95. The van der Waals surface area contributed by atoms with Crippen molar-refractivity contribution < 1.29 is 28.2 Å². The van der Waals surface area contributed by atoms with Gasteiger partial charge in [0, 0.05) is 10.6 Å². The van der Waals surface area contributed by atoms with Gasteiger partial charge in [-0.05, 0) is 77.7 Å². The molecular formula is C27H23FN2O5S2. The summed E-state index contributed by atoms with van der Waals surface area (Å²) < 4.78 is 24.3. The van der Waals surface area contributed by atoms with E-state index in [2.05, 4.69) is 5.32 Å². The molecule has 0 bridgehead atoms. The van der Waals surface area contributed by atoms with E-state index < -0.39 is 17.1 Å². The number of imide groups is 1. The Bertz CT molecular complexity index is 1360. The predicted molar refractivity (Wildman–Crippen MR) is 143 cm³/mol. The van der Waals surface area contributed by atoms with E-state index in [4.69, 9.17) is 9.47 Å². The molecule has 37 heavy (non-hydrogen) atoms. The molecule has 1 fully saturated rings. The molecule has 1 heterocycles. The molecule has 10 heteroatoms. The van der Waals surface area contributed by atoms with E-state index in [9.17, 15) is 18.8 Å². The molecule has 0 unspecified atom stereocenters. The van der Waals surface area contributed by atoms with Crippen molar-refractivity contribution in [3.8, 4) is 11.5 Å². The number of carbonyl (C=O) groups excluding carboxylic acids is 3. The van der Waals surface area contributed by atoms with E-state index in [0.717, 1.165) is 27.1 Å². The van der Waals surface area contributed by atoms with Crippen molar-refractivity contribution in [2.45, 2.75) is 11.5 Å². The monoisotopic (exact) mass is 538 g/mol. The number of nitrogens with zero attached hydrogens (tertiary/aromatic N) is 1. The minimum atomic E-state index is -0.543. The molecule has 0 spiro atoms. The van der Waals surface area contributed by atoms with Crippen molar-refractivity contribution in [3.05, 3.63) is 88.6 Å². The second-order valence-electron chi connectivity index (χ2n) is 7.87. The van der Waals surface area contributed by atoms with Crippen LogP contribution in [0.25, 0.3) is 6.08 Å². The van der Waals surface area contributed by atoms with Crippen LogP contribution >= 0.6 is 23.5 Å². The van der Waals surface area contributed by atoms with Crippen molar-refractivity contribution in [1.82, 2.24) is 4.90 Å². The second kappa shape index (κ2) is 12.0. The predicted octanol–water partition coefficient (Wildman–Crippen LogP) is 5.81. The number of thioether (sulfide) groups is 2. The van der Waals surface area contributed by atoms with Gasteiger partial charge in [-0.15, -0.1) is 11.8 Å². The number of carbonyl (C=O) groups is 3. The van der Waals surface area contributed by atoms with Crippen LogP contribution in [0.2, 0.25) is 0 Å². The molecule has 0 saturated carbocycles. The molecule has 3 aromatic rings. The number of hydrogen-bond donors (Lipinski definition) is 1. The highest BCUT2D eigenvalue weighted by atomic mass is 32.2. The molecule has 0 aliphatic carbocycles. The Balaban J connectivity index is 1.41. The Morgan fingerprint density at radius 1 is 1.08 bits per heavy atom. The molecule has 0 aromatic heterocycles. The molecule has 3 aromatic carbocycles. The molecule has 0 atom stereocenters. The third kappa shape index (κ3) is 6.72. The summed E-state index contributed by atoms with van der Waals surface area (Å²) in [7, 11) is 1.49. The lowest BCUT2D eigenvalue weighted by Gasteiger charge is -2.13. The average molecular weight is 539 g/mol. The van der Waals surface area contributed by atoms with E-state index >= 15 is 0 Å². The Morgan fingerprint density at radius 2 is 1.86 bits per heavy atom. The Labute approximate surface area is 222 Å². The third-order valence-electron chi connectivity index (χ3n) is 5.32. The number of anilines is 1. The van der Waals surface area contributed by atoms with E-state index in [1.807, 2.05) is 24.5 Å². The van der Waals surface area contributed by atoms with E-state index in [0.29, 0.717) is 22.7 Å². The molecule has 7 nitrogen and oxygen atoms in total. The van der Waals surface area contributed by atoms with Crippen LogP contribution in [0.4, 0.5) is 14.9 Å². The molecule has 1 N–H and O–H groups in total. The maximum absolute atomic E-state index is 13.1. The zero-order valence-corrected chi connectivity index (χ0v) is 21.7. The van der Waals surface area contributed by atoms with Gasteiger partial charge in [-0.3, -0.25) is 19.3 Å². The Hall–Kier alpha value is -3.76. The largest absolute Gasteiger partial charge is 0.493 e. The van der Waals surface area contributed by atoms with Gasteiger partial charge < -0.3 is 14.8 Å². The molecule has 190 valence electrons. The molecule has 1 aliphatic rings. The molecule has 1 aliphatic heterocycles. The first-order chi connectivity index (χ1) is 17.9. The highest BCUT2D eigenvalue weighted by Crippen LogP contribution is 2.35. The van der Waals surface area contributed by atoms with Gasteiger partial charge >= 0.3 is 0 Å². The summed E-state index contributed by atoms with van der Waals surface area (Å²) in [5.41, 5.74) is 2.00. The normalized spacial score (nSPS) is 14.2. The molecule has 0 radical (unpaired) electrons. The smallest absolute Gasteiger partial charge is 0.294 e. The number of amides is 3. The summed E-state index contributed by atoms with van der Waals surface area (Å²) in [5, 5.41) is 2.20. The zero-order chi connectivity index (χ0) is 26.4. The molecule has 4 rings (SSSR count). The summed E-state index contributed by atoms with van der Waals surface area (Å²) >= 11 is 2.31. The van der Waals surface area contributed by atoms with Crippen molar-refractivity contribution in [1.29, 1.82) is 0 Å². The number of nitrogens with one attached hydrogen (secondary N) is 1. The highest BCUT2D eigenvalue weighted by molar-refractivity contribution is 8.18. The van der Waals surface area contributed by atoms with Crippen LogP contribution in [-0.4, -0.2) is 41.9 Å². The summed E-state index contributed by atoms with van der Waals surface area (Å²) in [6, 6.07) is 18.4. The quantitative estimate of drug-likeness (QED) is 0.272. The number of rotatable bonds is 9. The average Bonchev–Trinajstić information content (AvgIpc) is 3.15. The van der Waals surface area contributed by atoms with Gasteiger partial charge in [-0.1, -0.05) is 24.3 Å². The first kappa shape index (κ1) is 26.3. The fraction of sp³-hybridized carbons (Fsp3) is 0.148. The van der Waals surface area contributed by atoms with Crippen molar-refractivity contribution >= 4 is 52.3 Å². The van der Waals surface area contributed by atoms with Crippen LogP contribution in [0.15, 0.2) is 76.5 Å². The van der Waals surface area contributed by atoms with Gasteiger partial charge in [0.25, 0.3) is 11.1 Å². The molecular weight excluding hydrogens is 515 g/mol. The summed E-state index contributed by atoms with van der Waals surface area (Å²) in [5.74, 6) is -0.428. The number of halogens is 1. The van der Waals surface area contributed by atoms with Crippen LogP contribution in [0.5, 0.6) is 11.5 Å². The minimum Gasteiger partial charge on any atom is -0.493 e. The minimum absolute atomic E-state index is 0.198. The fourth-order valence-corrected chi connectivity index (χ4v) is 4.77. The maximum Gasteiger partial charge on any atom is 0.294 e. The number of hydrogen-bond acceptors (Lipinski definition) is 7. The number of methoxy groups -OCH3 is 1. The lowest BCUT2D eigenvalue weighted by atomic mass is 10.1. The van der Waals surface area contributed by atoms with Crippen LogP contribution in [0.1, 0.15) is 11.1 Å². The van der Waals surface area contributed by atoms with Gasteiger partial charge in [0.15, 0.2) is 11.5 Å². The summed E-state index contributed by atoms with van der Waals surface area (Å²) in [6.07, 6.45) is 3.49. The lowest BCUT2D eigenvalue weighted by molar-refractivity contribution is -0.127. The first-order valence-electron chi connectivity index (χ1n) is 11.1. The van der Waals surface area contributed by atoms with Crippen LogP contribution in [0.3, 0.4) is 0 Å². The highest BCUT2D eigenvalue weighted by Gasteiger charge is 2.36. The Kier molecular flexibility index (Phi) is 8.52. The van der Waals surface area contributed by atoms with Gasteiger partial charge in [-0.25, -0.2) is 4.39 Å². The summed E-state index contributed by atoms with van der Waals surface area (Å²) in [6.45, 7) is -0.163. The lowest BCUT2D eigenvalue weighted by Crippen LogP contribution is -2.36. The van der Waals surface area contributed by atoms with Gasteiger partial charge in [-0.2, -0.15) is 0 Å². The van der Waals surface area contributed by atoms with Crippen LogP contribution in [-0.2, 0) is 16.2 Å². The van der Waals surface area contributed by atoms with Crippen molar-refractivity contribution in [2.75, 3.05) is 25.2 Å². The first-order valence-corrected chi connectivity index (χ1v) is 13.1. The van der Waals surface area contributed by atoms with Gasteiger partial charge in [0.1, 0.15) is 19.0 Å². The topological polar surface area (TPSA) is 84.9 Å². The van der Waals surface area contributed by atoms with E-state index in [1.54, 1.807) is 54.2 Å². The number of ether oxygens (including phenoxy) is 2. The molecule has 3 amide bonds. The Morgan fingerprint density at radius 3 is 2.59 bits per heavy atom. The van der Waals surface area contributed by atoms with Crippen molar-refractivity contribution in [2.24, 2.45) is 0 Å². The number of benzene rings is 3. The van der Waals surface area contributed by atoms with Crippen LogP contribution in [0, 0.1) is 5.82 Å². The standard InChI is InChI=1S/C27H23FN2O5S2/c1-34-23-12-18(8-11-22(23)35-16-17-6-9-19(28)10-7-17)13-24-26(32)30(27(33)37-24)15-25(31)29-20-4-3-5-21(14-20)36-2/h3-14H,15-16H2,1-2H3,(H,29,31)/b24-13-. The maximum atomic E-state index is 13.1. The summed E-state index contributed by atoms with van der Waals surface area (Å²) in [4.78, 5) is 39.9. The molecule has 1 saturated heterocycles. The second-order valence-corrected chi connectivity index (χ2v) is 9.75. The fourth-order valence-electron chi connectivity index (χ4n) is 3.47. The zero-order valence-electron chi connectivity index (χ0n) is 20.0. The van der Waals surface area contributed by atoms with Gasteiger partial charge in [0.05, 0.1) is 12.0 Å². The van der Waals surface area contributed by atoms with E-state index in [-0.39, 0.29) is 23.9 Å². The van der Waals surface area contributed by atoms with Gasteiger partial charge in [0.2, 0.25) is 5.91 Å². The SMILES string of the molecule is COc1cc(/C=C2\SC(=O)N(CC(=O)Nc3cccc(SC)c3)C2=O)ccc1OCc1ccc(F)cc1. The van der Waals surface area contributed by atoms with E-state index in [1.165, 1.54) is 19.2 Å².